The minimum Gasteiger partial charge on any atom is -0.369 e. The maximum absolute atomic E-state index is 13.0. The van der Waals surface area contributed by atoms with Crippen LogP contribution in [0.25, 0.3) is 0 Å². The first-order chi connectivity index (χ1) is 10.7. The molecule has 120 valence electrons. The molecule has 2 aliphatic heterocycles. The van der Waals surface area contributed by atoms with Crippen molar-refractivity contribution in [2.75, 3.05) is 19.7 Å². The highest BCUT2D eigenvalue weighted by Gasteiger charge is 2.39. The summed E-state index contributed by atoms with van der Waals surface area (Å²) in [5.74, 6) is 0.407. The minimum absolute atomic E-state index is 0.0297. The Balaban J connectivity index is 1.78. The van der Waals surface area contributed by atoms with E-state index in [1.165, 1.54) is 0 Å². The van der Waals surface area contributed by atoms with E-state index < -0.39 is 0 Å². The lowest BCUT2D eigenvalue weighted by molar-refractivity contribution is -0.158. The second-order valence-corrected chi connectivity index (χ2v) is 6.54. The standard InChI is InChI=1S/C18H26N2O2/c1-13-12-22-17(15-7-4-3-5-8-15)14(2)20(13)18(21)16-9-6-10-19-11-16/h3-5,7-8,13-14,16-17,19H,6,9-12H2,1-2H3/t13-,14+,16-,17+/m1/s1. The fourth-order valence-corrected chi connectivity index (χ4v) is 3.72. The molecule has 4 nitrogen and oxygen atoms in total. The van der Waals surface area contributed by atoms with Gasteiger partial charge in [-0.15, -0.1) is 0 Å². The van der Waals surface area contributed by atoms with Crippen molar-refractivity contribution in [3.05, 3.63) is 35.9 Å². The molecular formula is C18H26N2O2. The summed E-state index contributed by atoms with van der Waals surface area (Å²) in [6.07, 6.45) is 2.06. The van der Waals surface area contributed by atoms with E-state index in [4.69, 9.17) is 4.74 Å². The fraction of sp³-hybridized carbons (Fsp3) is 0.611. The van der Waals surface area contributed by atoms with Crippen LogP contribution in [0.4, 0.5) is 0 Å². The molecule has 0 saturated carbocycles. The summed E-state index contributed by atoms with van der Waals surface area (Å²) in [4.78, 5) is 15.0. The van der Waals surface area contributed by atoms with Crippen molar-refractivity contribution >= 4 is 5.91 Å². The molecule has 2 fully saturated rings. The number of hydrogen-bond donors (Lipinski definition) is 1. The van der Waals surface area contributed by atoms with Gasteiger partial charge in [0, 0.05) is 6.54 Å². The zero-order chi connectivity index (χ0) is 15.5. The van der Waals surface area contributed by atoms with Gasteiger partial charge in [0.25, 0.3) is 0 Å². The Labute approximate surface area is 132 Å². The van der Waals surface area contributed by atoms with Gasteiger partial charge in [0.2, 0.25) is 5.91 Å². The molecule has 22 heavy (non-hydrogen) atoms. The monoisotopic (exact) mass is 302 g/mol. The van der Waals surface area contributed by atoms with E-state index >= 15 is 0 Å². The van der Waals surface area contributed by atoms with Gasteiger partial charge in [-0.05, 0) is 38.8 Å². The first-order valence-corrected chi connectivity index (χ1v) is 8.38. The Morgan fingerprint density at radius 3 is 2.73 bits per heavy atom. The largest absolute Gasteiger partial charge is 0.369 e. The van der Waals surface area contributed by atoms with Gasteiger partial charge in [0.05, 0.1) is 24.6 Å². The topological polar surface area (TPSA) is 41.6 Å². The average molecular weight is 302 g/mol. The molecule has 2 saturated heterocycles. The number of nitrogens with zero attached hydrogens (tertiary/aromatic N) is 1. The third kappa shape index (κ3) is 3.03. The van der Waals surface area contributed by atoms with Crippen molar-refractivity contribution in [2.45, 2.75) is 44.9 Å². The van der Waals surface area contributed by atoms with Crippen LogP contribution in [0.2, 0.25) is 0 Å². The van der Waals surface area contributed by atoms with Crippen molar-refractivity contribution in [3.8, 4) is 0 Å². The van der Waals surface area contributed by atoms with E-state index in [0.717, 1.165) is 31.5 Å². The number of morpholine rings is 1. The zero-order valence-corrected chi connectivity index (χ0v) is 13.5. The van der Waals surface area contributed by atoms with Gasteiger partial charge in [-0.1, -0.05) is 30.3 Å². The van der Waals surface area contributed by atoms with Crippen LogP contribution in [-0.4, -0.2) is 42.6 Å². The normalized spacial score (nSPS) is 32.7. The van der Waals surface area contributed by atoms with Crippen LogP contribution in [0, 0.1) is 5.92 Å². The number of carbonyl (C=O) groups is 1. The molecule has 1 N–H and O–H groups in total. The summed E-state index contributed by atoms with van der Waals surface area (Å²) < 4.78 is 6.05. The second kappa shape index (κ2) is 6.80. The summed E-state index contributed by atoms with van der Waals surface area (Å²) in [7, 11) is 0. The Bertz CT molecular complexity index is 499. The van der Waals surface area contributed by atoms with Crippen molar-refractivity contribution in [3.63, 3.8) is 0 Å². The highest BCUT2D eigenvalue weighted by Crippen LogP contribution is 2.32. The van der Waals surface area contributed by atoms with Gasteiger partial charge in [-0.2, -0.15) is 0 Å². The predicted molar refractivity (Wildman–Crippen MR) is 86.5 cm³/mol. The molecule has 2 aliphatic rings. The van der Waals surface area contributed by atoms with Gasteiger partial charge in [0.15, 0.2) is 0 Å². The molecule has 4 atom stereocenters. The number of piperidine rings is 1. The Kier molecular flexibility index (Phi) is 4.79. The van der Waals surface area contributed by atoms with E-state index in [1.54, 1.807) is 0 Å². The third-order valence-corrected chi connectivity index (χ3v) is 4.90. The van der Waals surface area contributed by atoms with Gasteiger partial charge in [0.1, 0.15) is 6.10 Å². The fourth-order valence-electron chi connectivity index (χ4n) is 3.72. The van der Waals surface area contributed by atoms with Gasteiger partial charge in [-0.25, -0.2) is 0 Å². The van der Waals surface area contributed by atoms with E-state index in [-0.39, 0.29) is 30.0 Å². The smallest absolute Gasteiger partial charge is 0.227 e. The summed E-state index contributed by atoms with van der Waals surface area (Å²) in [5.41, 5.74) is 1.15. The van der Waals surface area contributed by atoms with E-state index in [1.807, 2.05) is 18.2 Å². The Morgan fingerprint density at radius 1 is 1.27 bits per heavy atom. The lowest BCUT2D eigenvalue weighted by Crippen LogP contribution is -2.56. The number of carbonyl (C=O) groups excluding carboxylic acids is 1. The Morgan fingerprint density at radius 2 is 2.05 bits per heavy atom. The molecule has 2 heterocycles. The van der Waals surface area contributed by atoms with Crippen molar-refractivity contribution in [2.24, 2.45) is 5.92 Å². The van der Waals surface area contributed by atoms with Crippen molar-refractivity contribution < 1.29 is 9.53 Å². The summed E-state index contributed by atoms with van der Waals surface area (Å²) in [6.45, 7) is 6.65. The van der Waals surface area contributed by atoms with Gasteiger partial charge < -0.3 is 15.0 Å². The van der Waals surface area contributed by atoms with Gasteiger partial charge >= 0.3 is 0 Å². The zero-order valence-electron chi connectivity index (χ0n) is 13.5. The van der Waals surface area contributed by atoms with E-state index in [0.29, 0.717) is 6.61 Å². The molecule has 3 rings (SSSR count). The predicted octanol–water partition coefficient (Wildman–Crippen LogP) is 2.36. The van der Waals surface area contributed by atoms with Gasteiger partial charge in [-0.3, -0.25) is 4.79 Å². The number of hydrogen-bond acceptors (Lipinski definition) is 3. The first-order valence-electron chi connectivity index (χ1n) is 8.38. The molecule has 0 aromatic heterocycles. The number of amides is 1. The van der Waals surface area contributed by atoms with Crippen LogP contribution >= 0.6 is 0 Å². The highest BCUT2D eigenvalue weighted by molar-refractivity contribution is 5.80. The number of benzene rings is 1. The highest BCUT2D eigenvalue weighted by atomic mass is 16.5. The van der Waals surface area contributed by atoms with E-state index in [2.05, 4.69) is 36.2 Å². The minimum atomic E-state index is -0.0297. The maximum atomic E-state index is 13.0. The Hall–Kier alpha value is -1.39. The van der Waals surface area contributed by atoms with E-state index in [9.17, 15) is 4.79 Å². The summed E-state index contributed by atoms with van der Waals surface area (Å²) >= 11 is 0. The molecule has 0 radical (unpaired) electrons. The van der Waals surface area contributed by atoms with Crippen LogP contribution in [0.3, 0.4) is 0 Å². The quantitative estimate of drug-likeness (QED) is 0.912. The number of ether oxygens (including phenoxy) is 1. The number of rotatable bonds is 2. The molecule has 0 spiro atoms. The van der Waals surface area contributed by atoms with Crippen molar-refractivity contribution in [1.29, 1.82) is 0 Å². The number of nitrogens with one attached hydrogen (secondary N) is 1. The first kappa shape index (κ1) is 15.5. The third-order valence-electron chi connectivity index (χ3n) is 4.90. The second-order valence-electron chi connectivity index (χ2n) is 6.54. The molecule has 4 heteroatoms. The molecule has 1 aromatic carbocycles. The molecule has 1 amide bonds. The average Bonchev–Trinajstić information content (AvgIpc) is 2.56. The molecule has 0 aliphatic carbocycles. The van der Waals surface area contributed by atoms with Crippen LogP contribution in [-0.2, 0) is 9.53 Å². The maximum Gasteiger partial charge on any atom is 0.227 e. The van der Waals surface area contributed by atoms with Crippen molar-refractivity contribution in [1.82, 2.24) is 10.2 Å². The van der Waals surface area contributed by atoms with Crippen LogP contribution < -0.4 is 5.32 Å². The molecule has 0 unspecified atom stereocenters. The van der Waals surface area contributed by atoms with Crippen LogP contribution in [0.15, 0.2) is 30.3 Å². The molecular weight excluding hydrogens is 276 g/mol. The lowest BCUT2D eigenvalue weighted by Gasteiger charge is -2.45. The summed E-state index contributed by atoms with van der Waals surface area (Å²) in [5, 5.41) is 3.35. The summed E-state index contributed by atoms with van der Waals surface area (Å²) in [6, 6.07) is 10.5. The SMILES string of the molecule is C[C@@H]1CO[C@H](c2ccccc2)[C@H](C)N1C(=O)[C@@H]1CCCNC1. The lowest BCUT2D eigenvalue weighted by atomic mass is 9.93. The van der Waals surface area contributed by atoms with Crippen LogP contribution in [0.5, 0.6) is 0 Å². The van der Waals surface area contributed by atoms with Crippen LogP contribution in [0.1, 0.15) is 38.4 Å². The molecule has 1 aromatic rings. The molecule has 0 bridgehead atoms.